The number of halogens is 2. The molecule has 0 radical (unpaired) electrons. The summed E-state index contributed by atoms with van der Waals surface area (Å²) in [6.45, 7) is 1.59. The van der Waals surface area contributed by atoms with Gasteiger partial charge in [-0.1, -0.05) is 6.92 Å². The van der Waals surface area contributed by atoms with Gasteiger partial charge >= 0.3 is 5.97 Å². The number of carbonyl (C=O) groups is 1. The minimum atomic E-state index is -0.999. The van der Waals surface area contributed by atoms with Gasteiger partial charge in [-0.2, -0.15) is 5.26 Å². The van der Waals surface area contributed by atoms with Crippen LogP contribution in [0.2, 0.25) is 0 Å². The van der Waals surface area contributed by atoms with Gasteiger partial charge in [0.1, 0.15) is 17.4 Å². The highest BCUT2D eigenvalue weighted by Gasteiger charge is 2.20. The Hall–Kier alpha value is -2.75. The summed E-state index contributed by atoms with van der Waals surface area (Å²) >= 11 is 0. The predicted molar refractivity (Wildman–Crippen MR) is 76.4 cm³/mol. The first-order valence-corrected chi connectivity index (χ1v) is 6.47. The van der Waals surface area contributed by atoms with Gasteiger partial charge in [0.25, 0.3) is 0 Å². The van der Waals surface area contributed by atoms with Gasteiger partial charge in [0, 0.05) is 31.2 Å². The van der Waals surface area contributed by atoms with E-state index in [1.54, 1.807) is 7.05 Å². The summed E-state index contributed by atoms with van der Waals surface area (Å²) in [6.07, 6.45) is 1.20. The molecule has 5 nitrogen and oxygen atoms in total. The first kappa shape index (κ1) is 15.6. The molecule has 22 heavy (non-hydrogen) atoms. The third-order valence-corrected chi connectivity index (χ3v) is 3.33. The van der Waals surface area contributed by atoms with E-state index in [0.717, 1.165) is 6.07 Å². The zero-order valence-corrected chi connectivity index (χ0v) is 12.0. The monoisotopic (exact) mass is 305 g/mol. The average molecular weight is 305 g/mol. The third kappa shape index (κ3) is 2.81. The highest BCUT2D eigenvalue weighted by Crippen LogP contribution is 2.31. The molecule has 0 aliphatic heterocycles. The smallest absolute Gasteiger partial charge is 0.308 e. The van der Waals surface area contributed by atoms with Crippen LogP contribution in [0.4, 0.5) is 14.5 Å². The quantitative estimate of drug-likeness (QED) is 0.939. The van der Waals surface area contributed by atoms with E-state index in [1.807, 2.05) is 6.07 Å². The predicted octanol–water partition coefficient (Wildman–Crippen LogP) is 2.54. The van der Waals surface area contributed by atoms with Crippen LogP contribution in [0.5, 0.6) is 0 Å². The number of benzene rings is 1. The van der Waals surface area contributed by atoms with Crippen molar-refractivity contribution in [1.29, 1.82) is 5.26 Å². The summed E-state index contributed by atoms with van der Waals surface area (Å²) in [5.41, 5.74) is 0.321. The Kier molecular flexibility index (Phi) is 4.22. The minimum Gasteiger partial charge on any atom is -0.481 e. The lowest BCUT2D eigenvalue weighted by molar-refractivity contribution is -0.140. The first-order valence-electron chi connectivity index (χ1n) is 6.47. The van der Waals surface area contributed by atoms with Gasteiger partial charge in [-0.25, -0.2) is 8.78 Å². The Labute approximate surface area is 125 Å². The number of nitriles is 1. The average Bonchev–Trinajstić information content (AvgIpc) is 2.45. The number of carboxylic acid groups (broad SMARTS) is 1. The van der Waals surface area contributed by atoms with E-state index in [0.29, 0.717) is 6.07 Å². The molecule has 0 aliphatic carbocycles. The van der Waals surface area contributed by atoms with Crippen LogP contribution in [-0.4, -0.2) is 29.7 Å². The number of aromatic nitrogens is 1. The van der Waals surface area contributed by atoms with E-state index in [9.17, 15) is 18.8 Å². The number of aliphatic carboxylic acids is 1. The minimum absolute atomic E-state index is 0.0646. The molecular formula is C15H13F2N3O2. The van der Waals surface area contributed by atoms with Gasteiger partial charge in [0.15, 0.2) is 5.82 Å². The summed E-state index contributed by atoms with van der Waals surface area (Å²) in [4.78, 5) is 16.3. The Morgan fingerprint density at radius 1 is 1.50 bits per heavy atom. The number of nitrogens with zero attached hydrogens (tertiary/aromatic N) is 3. The molecule has 1 heterocycles. The Balaban J connectivity index is 2.64. The van der Waals surface area contributed by atoms with E-state index in [2.05, 4.69) is 4.98 Å². The van der Waals surface area contributed by atoms with E-state index >= 15 is 0 Å². The molecule has 2 rings (SSSR count). The van der Waals surface area contributed by atoms with Gasteiger partial charge in [0.2, 0.25) is 0 Å². The summed E-state index contributed by atoms with van der Waals surface area (Å²) in [5.74, 6) is -3.33. The standard InChI is InChI=1S/C15H13F2N3O2/c1-8(15(21)22)7-20(2)14-9(5-18)6-19-13-11(14)3-10(16)4-12(13)17/h3-4,6,8H,7H2,1-2H3,(H,21,22). The van der Waals surface area contributed by atoms with Gasteiger partial charge in [-0.05, 0) is 6.07 Å². The van der Waals surface area contributed by atoms with Crippen molar-refractivity contribution in [1.82, 2.24) is 4.98 Å². The fourth-order valence-corrected chi connectivity index (χ4v) is 2.29. The van der Waals surface area contributed by atoms with E-state index in [1.165, 1.54) is 18.0 Å². The van der Waals surface area contributed by atoms with Crippen LogP contribution < -0.4 is 4.90 Å². The van der Waals surface area contributed by atoms with E-state index in [-0.39, 0.29) is 28.7 Å². The molecular weight excluding hydrogens is 292 g/mol. The zero-order chi connectivity index (χ0) is 16.4. The lowest BCUT2D eigenvalue weighted by atomic mass is 10.1. The van der Waals surface area contributed by atoms with Crippen molar-refractivity contribution in [2.45, 2.75) is 6.92 Å². The largest absolute Gasteiger partial charge is 0.481 e. The normalized spacial score (nSPS) is 12.0. The summed E-state index contributed by atoms with van der Waals surface area (Å²) in [6, 6.07) is 3.71. The molecule has 0 spiro atoms. The zero-order valence-electron chi connectivity index (χ0n) is 12.0. The van der Waals surface area contributed by atoms with E-state index in [4.69, 9.17) is 5.11 Å². The number of hydrogen-bond donors (Lipinski definition) is 1. The van der Waals surface area contributed by atoms with Crippen molar-refractivity contribution in [3.8, 4) is 6.07 Å². The lowest BCUT2D eigenvalue weighted by Crippen LogP contribution is -2.29. The number of anilines is 1. The number of pyridine rings is 1. The third-order valence-electron chi connectivity index (χ3n) is 3.33. The molecule has 1 aromatic carbocycles. The van der Waals surface area contributed by atoms with Crippen molar-refractivity contribution in [2.75, 3.05) is 18.5 Å². The van der Waals surface area contributed by atoms with Crippen LogP contribution >= 0.6 is 0 Å². The van der Waals surface area contributed by atoms with Crippen molar-refractivity contribution >= 4 is 22.6 Å². The van der Waals surface area contributed by atoms with Gasteiger partial charge < -0.3 is 10.0 Å². The molecule has 7 heteroatoms. The molecule has 1 atom stereocenters. The maximum atomic E-state index is 13.8. The Bertz CT molecular complexity index is 786. The van der Waals surface area contributed by atoms with Gasteiger partial charge in [-0.15, -0.1) is 0 Å². The molecule has 1 N–H and O–H groups in total. The van der Waals surface area contributed by atoms with Crippen LogP contribution in [0.1, 0.15) is 12.5 Å². The van der Waals surface area contributed by atoms with Crippen LogP contribution in [0, 0.1) is 28.9 Å². The molecule has 1 unspecified atom stereocenters. The lowest BCUT2D eigenvalue weighted by Gasteiger charge is -2.24. The van der Waals surface area contributed by atoms with E-state index < -0.39 is 23.5 Å². The number of carboxylic acids is 1. The van der Waals surface area contributed by atoms with Crippen molar-refractivity contribution in [3.05, 3.63) is 35.5 Å². The van der Waals surface area contributed by atoms with Crippen LogP contribution in [-0.2, 0) is 4.79 Å². The second kappa shape index (κ2) is 5.93. The molecule has 0 saturated carbocycles. The Morgan fingerprint density at radius 2 is 2.18 bits per heavy atom. The summed E-state index contributed by atoms with van der Waals surface area (Å²) in [5, 5.41) is 18.3. The fourth-order valence-electron chi connectivity index (χ4n) is 2.29. The number of fused-ring (bicyclic) bond motifs is 1. The fraction of sp³-hybridized carbons (Fsp3) is 0.267. The molecule has 0 fully saturated rings. The van der Waals surface area contributed by atoms with Gasteiger partial charge in [-0.3, -0.25) is 9.78 Å². The second-order valence-corrected chi connectivity index (χ2v) is 5.04. The molecule has 0 bridgehead atoms. The molecule has 114 valence electrons. The first-order chi connectivity index (χ1) is 10.3. The summed E-state index contributed by atoms with van der Waals surface area (Å²) in [7, 11) is 1.57. The SMILES string of the molecule is CC(CN(C)c1c(C#N)cnc2c(F)cc(F)cc12)C(=O)O. The topological polar surface area (TPSA) is 77.2 Å². The molecule has 0 saturated heterocycles. The number of rotatable bonds is 4. The highest BCUT2D eigenvalue weighted by molar-refractivity contribution is 5.94. The Morgan fingerprint density at radius 3 is 2.77 bits per heavy atom. The van der Waals surface area contributed by atoms with Gasteiger partial charge in [0.05, 0.1) is 17.2 Å². The van der Waals surface area contributed by atoms with Crippen LogP contribution in [0.3, 0.4) is 0 Å². The maximum Gasteiger partial charge on any atom is 0.308 e. The highest BCUT2D eigenvalue weighted by atomic mass is 19.1. The van der Waals surface area contributed by atoms with Crippen molar-refractivity contribution < 1.29 is 18.7 Å². The summed E-state index contributed by atoms with van der Waals surface area (Å²) < 4.78 is 27.3. The van der Waals surface area contributed by atoms with Crippen LogP contribution in [0.15, 0.2) is 18.3 Å². The van der Waals surface area contributed by atoms with Crippen LogP contribution in [0.25, 0.3) is 10.9 Å². The second-order valence-electron chi connectivity index (χ2n) is 5.04. The molecule has 2 aromatic rings. The molecule has 1 aromatic heterocycles. The van der Waals surface area contributed by atoms with Crippen molar-refractivity contribution in [2.24, 2.45) is 5.92 Å². The molecule has 0 aliphatic rings. The number of hydrogen-bond acceptors (Lipinski definition) is 4. The maximum absolute atomic E-state index is 13.8. The van der Waals surface area contributed by atoms with Crippen molar-refractivity contribution in [3.63, 3.8) is 0 Å². The molecule has 0 amide bonds.